The second-order valence-corrected chi connectivity index (χ2v) is 3.98. The zero-order chi connectivity index (χ0) is 12.0. The minimum absolute atomic E-state index is 0.258. The van der Waals surface area contributed by atoms with Gasteiger partial charge < -0.3 is 10.1 Å². The molecule has 1 unspecified atom stereocenters. The number of rotatable bonds is 7. The molecule has 0 amide bonds. The fourth-order valence-electron chi connectivity index (χ4n) is 1.67. The first-order valence-corrected chi connectivity index (χ1v) is 6.00. The van der Waals surface area contributed by atoms with Crippen LogP contribution < -0.4 is 5.32 Å². The Morgan fingerprint density at radius 1 is 1.50 bits per heavy atom. The van der Waals surface area contributed by atoms with Gasteiger partial charge in [-0.1, -0.05) is 6.92 Å². The molecule has 0 aliphatic rings. The van der Waals surface area contributed by atoms with E-state index in [1.54, 1.807) is 0 Å². The van der Waals surface area contributed by atoms with E-state index in [1.165, 1.54) is 11.3 Å². The maximum absolute atomic E-state index is 5.51. The highest BCUT2D eigenvalue weighted by Crippen LogP contribution is 2.17. The van der Waals surface area contributed by atoms with Gasteiger partial charge >= 0.3 is 0 Å². The maximum atomic E-state index is 5.51. The third-order valence-electron chi connectivity index (χ3n) is 2.78. The summed E-state index contributed by atoms with van der Waals surface area (Å²) in [6, 6.07) is 0.258. The van der Waals surface area contributed by atoms with Crippen LogP contribution in [0.1, 0.15) is 37.6 Å². The molecule has 4 nitrogen and oxygen atoms in total. The molecule has 0 spiro atoms. The molecule has 1 N–H and O–H groups in total. The van der Waals surface area contributed by atoms with Gasteiger partial charge in [-0.25, -0.2) is 0 Å². The summed E-state index contributed by atoms with van der Waals surface area (Å²) in [5, 5.41) is 7.77. The molecule has 0 fully saturated rings. The van der Waals surface area contributed by atoms with Gasteiger partial charge in [0.15, 0.2) is 0 Å². The van der Waals surface area contributed by atoms with E-state index in [9.17, 15) is 0 Å². The van der Waals surface area contributed by atoms with E-state index in [1.807, 2.05) is 24.9 Å². The van der Waals surface area contributed by atoms with Crippen LogP contribution in [0.4, 0.5) is 0 Å². The molecule has 0 aliphatic heterocycles. The normalized spacial score (nSPS) is 13.0. The molecule has 1 atom stereocenters. The highest BCUT2D eigenvalue weighted by atomic mass is 16.5. The molecule has 92 valence electrons. The number of nitrogens with zero attached hydrogens (tertiary/aromatic N) is 2. The Kier molecular flexibility index (Phi) is 5.49. The number of nitrogens with one attached hydrogen (secondary N) is 1. The quantitative estimate of drug-likeness (QED) is 0.769. The molecule has 0 bridgehead atoms. The van der Waals surface area contributed by atoms with Crippen LogP contribution in [0.3, 0.4) is 0 Å². The van der Waals surface area contributed by atoms with Gasteiger partial charge in [-0.2, -0.15) is 5.10 Å². The summed E-state index contributed by atoms with van der Waals surface area (Å²) in [7, 11) is 1.97. The molecule has 1 aromatic rings. The van der Waals surface area contributed by atoms with Crippen LogP contribution in [0.15, 0.2) is 6.20 Å². The van der Waals surface area contributed by atoms with Crippen molar-refractivity contribution in [1.82, 2.24) is 15.1 Å². The van der Waals surface area contributed by atoms with E-state index in [4.69, 9.17) is 4.74 Å². The number of hydrogen-bond donors (Lipinski definition) is 1. The van der Waals surface area contributed by atoms with Crippen LogP contribution in [0.25, 0.3) is 0 Å². The second kappa shape index (κ2) is 6.66. The number of hydrogen-bond acceptors (Lipinski definition) is 3. The monoisotopic (exact) mass is 225 g/mol. The number of aromatic nitrogens is 2. The Bertz CT molecular complexity index is 301. The predicted octanol–water partition coefficient (Wildman–Crippen LogP) is 1.81. The average molecular weight is 225 g/mol. The van der Waals surface area contributed by atoms with E-state index >= 15 is 0 Å². The van der Waals surface area contributed by atoms with Gasteiger partial charge in [-0.05, 0) is 26.8 Å². The van der Waals surface area contributed by atoms with Gasteiger partial charge in [0.2, 0.25) is 0 Å². The molecule has 4 heteroatoms. The van der Waals surface area contributed by atoms with Crippen molar-refractivity contribution in [3.63, 3.8) is 0 Å². The van der Waals surface area contributed by atoms with E-state index < -0.39 is 0 Å². The first-order chi connectivity index (χ1) is 7.70. The fourth-order valence-corrected chi connectivity index (χ4v) is 1.67. The Morgan fingerprint density at radius 2 is 2.25 bits per heavy atom. The van der Waals surface area contributed by atoms with Crippen molar-refractivity contribution in [2.75, 3.05) is 19.8 Å². The summed E-state index contributed by atoms with van der Waals surface area (Å²) in [6.07, 6.45) is 3.06. The third-order valence-corrected chi connectivity index (χ3v) is 2.78. The molecular formula is C12H23N3O. The van der Waals surface area contributed by atoms with Gasteiger partial charge in [0.25, 0.3) is 0 Å². The SMILES string of the molecule is CCCNC(COCC)c1cnn(C)c1C. The van der Waals surface area contributed by atoms with E-state index in [0.29, 0.717) is 6.61 Å². The summed E-state index contributed by atoms with van der Waals surface area (Å²) in [5.41, 5.74) is 2.44. The van der Waals surface area contributed by atoms with Crippen LogP contribution in [-0.4, -0.2) is 29.5 Å². The molecule has 0 radical (unpaired) electrons. The summed E-state index contributed by atoms with van der Waals surface area (Å²) in [5.74, 6) is 0. The Balaban J connectivity index is 2.70. The first kappa shape index (κ1) is 13.2. The first-order valence-electron chi connectivity index (χ1n) is 6.00. The molecule has 1 heterocycles. The molecule has 0 aromatic carbocycles. The van der Waals surface area contributed by atoms with Crippen LogP contribution in [0, 0.1) is 6.92 Å². The standard InChI is InChI=1S/C12H23N3O/c1-5-7-13-12(9-16-6-2)11-8-14-15(4)10(11)3/h8,12-13H,5-7,9H2,1-4H3. The highest BCUT2D eigenvalue weighted by Gasteiger charge is 2.15. The molecule has 0 saturated heterocycles. The molecule has 1 rings (SSSR count). The predicted molar refractivity (Wildman–Crippen MR) is 65.5 cm³/mol. The van der Waals surface area contributed by atoms with Gasteiger partial charge in [0, 0.05) is 24.9 Å². The fraction of sp³-hybridized carbons (Fsp3) is 0.750. The van der Waals surface area contributed by atoms with Crippen molar-refractivity contribution in [1.29, 1.82) is 0 Å². The number of aryl methyl sites for hydroxylation is 1. The molecule has 0 saturated carbocycles. The van der Waals surface area contributed by atoms with Crippen molar-refractivity contribution in [2.24, 2.45) is 7.05 Å². The van der Waals surface area contributed by atoms with Crippen LogP contribution >= 0.6 is 0 Å². The van der Waals surface area contributed by atoms with Crippen LogP contribution in [-0.2, 0) is 11.8 Å². The lowest BCUT2D eigenvalue weighted by molar-refractivity contribution is 0.123. The van der Waals surface area contributed by atoms with Crippen molar-refractivity contribution in [3.8, 4) is 0 Å². The topological polar surface area (TPSA) is 39.1 Å². The van der Waals surface area contributed by atoms with Gasteiger partial charge in [0.1, 0.15) is 0 Å². The van der Waals surface area contributed by atoms with Crippen LogP contribution in [0.2, 0.25) is 0 Å². The van der Waals surface area contributed by atoms with E-state index in [2.05, 4.69) is 24.3 Å². The minimum Gasteiger partial charge on any atom is -0.380 e. The summed E-state index contributed by atoms with van der Waals surface area (Å²) in [6.45, 7) is 8.75. The van der Waals surface area contributed by atoms with Crippen molar-refractivity contribution in [3.05, 3.63) is 17.5 Å². The molecular weight excluding hydrogens is 202 g/mol. The average Bonchev–Trinajstić information content (AvgIpc) is 2.61. The van der Waals surface area contributed by atoms with Crippen molar-refractivity contribution < 1.29 is 4.74 Å². The maximum Gasteiger partial charge on any atom is 0.0662 e. The summed E-state index contributed by atoms with van der Waals surface area (Å²) in [4.78, 5) is 0. The lowest BCUT2D eigenvalue weighted by atomic mass is 10.1. The lowest BCUT2D eigenvalue weighted by Gasteiger charge is -2.18. The smallest absolute Gasteiger partial charge is 0.0662 e. The zero-order valence-electron chi connectivity index (χ0n) is 10.8. The molecule has 0 aliphatic carbocycles. The lowest BCUT2D eigenvalue weighted by Crippen LogP contribution is -2.26. The number of ether oxygens (including phenoxy) is 1. The van der Waals surface area contributed by atoms with Gasteiger partial charge in [-0.3, -0.25) is 4.68 Å². The van der Waals surface area contributed by atoms with E-state index in [0.717, 1.165) is 19.6 Å². The van der Waals surface area contributed by atoms with Crippen molar-refractivity contribution in [2.45, 2.75) is 33.2 Å². The highest BCUT2D eigenvalue weighted by molar-refractivity contribution is 5.20. The summed E-state index contributed by atoms with van der Waals surface area (Å²) >= 11 is 0. The van der Waals surface area contributed by atoms with Crippen LogP contribution in [0.5, 0.6) is 0 Å². The second-order valence-electron chi connectivity index (χ2n) is 3.98. The Labute approximate surface area is 98.0 Å². The van der Waals surface area contributed by atoms with Gasteiger partial charge in [-0.15, -0.1) is 0 Å². The Hall–Kier alpha value is -0.870. The van der Waals surface area contributed by atoms with Crippen molar-refractivity contribution >= 4 is 0 Å². The molecule has 1 aromatic heterocycles. The van der Waals surface area contributed by atoms with Gasteiger partial charge in [0.05, 0.1) is 18.8 Å². The third kappa shape index (κ3) is 3.32. The molecule has 16 heavy (non-hydrogen) atoms. The van der Waals surface area contributed by atoms with E-state index in [-0.39, 0.29) is 6.04 Å². The minimum atomic E-state index is 0.258. The largest absolute Gasteiger partial charge is 0.380 e. The summed E-state index contributed by atoms with van der Waals surface area (Å²) < 4.78 is 7.42. The zero-order valence-corrected chi connectivity index (χ0v) is 10.8. The Morgan fingerprint density at radius 3 is 2.75 bits per heavy atom.